The Kier molecular flexibility index (Phi) is 7.04. The summed E-state index contributed by atoms with van der Waals surface area (Å²) < 4.78 is 0. The lowest BCUT2D eigenvalue weighted by atomic mass is 10.1. The zero-order valence-electron chi connectivity index (χ0n) is 7.48. The Labute approximate surface area is 65.2 Å². The van der Waals surface area contributed by atoms with Gasteiger partial charge < -0.3 is 5.32 Å². The minimum absolute atomic E-state index is 0.713. The van der Waals surface area contributed by atoms with Crippen molar-refractivity contribution in [1.82, 2.24) is 5.32 Å². The highest BCUT2D eigenvalue weighted by atomic mass is 14.9. The average molecular weight is 142 g/mol. The predicted octanol–water partition coefficient (Wildman–Crippen LogP) is 2.73. The van der Waals surface area contributed by atoms with E-state index in [9.17, 15) is 0 Å². The van der Waals surface area contributed by atoms with Gasteiger partial charge in [0.05, 0.1) is 0 Å². The second-order valence-electron chi connectivity index (χ2n) is 2.67. The van der Waals surface area contributed by atoms with Gasteiger partial charge >= 0.3 is 0 Å². The first-order valence-electron chi connectivity index (χ1n) is 4.42. The fourth-order valence-electron chi connectivity index (χ4n) is 1.04. The first-order chi connectivity index (χ1) is 4.85. The maximum absolute atomic E-state index is 3.40. The summed E-state index contributed by atoms with van der Waals surface area (Å²) in [4.78, 5) is 0. The van der Waals surface area contributed by atoms with E-state index in [0.29, 0.717) is 6.04 Å². The number of rotatable bonds is 6. The van der Waals surface area contributed by atoms with Crippen molar-refractivity contribution < 1.29 is 0 Å². The van der Waals surface area contributed by atoms with Crippen molar-refractivity contribution in [3.05, 3.63) is 6.54 Å². The van der Waals surface area contributed by atoms with Crippen LogP contribution < -0.4 is 5.32 Å². The molecule has 1 nitrogen and oxygen atoms in total. The molecule has 61 valence electrons. The summed E-state index contributed by atoms with van der Waals surface area (Å²) in [6.45, 7) is 8.78. The molecule has 0 rings (SSSR count). The van der Waals surface area contributed by atoms with Crippen LogP contribution in [0.3, 0.4) is 0 Å². The second-order valence-corrected chi connectivity index (χ2v) is 2.67. The normalized spacial score (nSPS) is 13.5. The van der Waals surface area contributed by atoms with Gasteiger partial charge in [0.1, 0.15) is 0 Å². The molecule has 0 amide bonds. The standard InChI is InChI=1S/C9H20N/c1-4-7-9(6-3)10-8-5-2/h8-10H,4-7H2,1-3H3. The van der Waals surface area contributed by atoms with Crippen LogP contribution in [0.5, 0.6) is 0 Å². The van der Waals surface area contributed by atoms with Gasteiger partial charge in [0, 0.05) is 12.6 Å². The van der Waals surface area contributed by atoms with Gasteiger partial charge in [0.15, 0.2) is 0 Å². The Hall–Kier alpha value is -0.0400. The van der Waals surface area contributed by atoms with E-state index in [4.69, 9.17) is 0 Å². The Morgan fingerprint density at radius 1 is 1.30 bits per heavy atom. The highest BCUT2D eigenvalue weighted by molar-refractivity contribution is 4.69. The molecule has 0 aliphatic carbocycles. The van der Waals surface area contributed by atoms with Crippen molar-refractivity contribution in [2.24, 2.45) is 0 Å². The minimum Gasteiger partial charge on any atom is -0.310 e. The third-order valence-corrected chi connectivity index (χ3v) is 1.69. The van der Waals surface area contributed by atoms with E-state index in [1.807, 2.05) is 0 Å². The SMILES string of the molecule is CC[CH]NC(CC)CCC. The van der Waals surface area contributed by atoms with E-state index in [1.54, 1.807) is 0 Å². The Balaban J connectivity index is 3.21. The molecule has 0 fully saturated rings. The van der Waals surface area contributed by atoms with Crippen LogP contribution in [-0.4, -0.2) is 6.04 Å². The van der Waals surface area contributed by atoms with E-state index in [2.05, 4.69) is 32.6 Å². The third kappa shape index (κ3) is 4.80. The highest BCUT2D eigenvalue weighted by Gasteiger charge is 2.01. The lowest BCUT2D eigenvalue weighted by molar-refractivity contribution is 0.495. The van der Waals surface area contributed by atoms with Gasteiger partial charge in [-0.15, -0.1) is 0 Å². The molecule has 10 heavy (non-hydrogen) atoms. The molecule has 1 atom stereocenters. The van der Waals surface area contributed by atoms with Gasteiger partial charge in [0.2, 0.25) is 0 Å². The summed E-state index contributed by atoms with van der Waals surface area (Å²) in [6.07, 6.45) is 4.95. The fraction of sp³-hybridized carbons (Fsp3) is 0.889. The van der Waals surface area contributed by atoms with Crippen molar-refractivity contribution in [3.63, 3.8) is 0 Å². The predicted molar refractivity (Wildman–Crippen MR) is 46.7 cm³/mol. The smallest absolute Gasteiger partial charge is 0.0221 e. The van der Waals surface area contributed by atoms with Crippen LogP contribution in [0.2, 0.25) is 0 Å². The largest absolute Gasteiger partial charge is 0.310 e. The molecule has 1 radical (unpaired) electrons. The van der Waals surface area contributed by atoms with Crippen LogP contribution >= 0.6 is 0 Å². The summed E-state index contributed by atoms with van der Waals surface area (Å²) in [5.41, 5.74) is 0. The monoisotopic (exact) mass is 142 g/mol. The molecule has 0 bridgehead atoms. The van der Waals surface area contributed by atoms with Gasteiger partial charge in [-0.2, -0.15) is 0 Å². The van der Waals surface area contributed by atoms with E-state index in [0.717, 1.165) is 6.42 Å². The molecule has 0 aromatic carbocycles. The molecule has 1 heteroatoms. The number of hydrogen-bond acceptors (Lipinski definition) is 1. The molecule has 1 unspecified atom stereocenters. The van der Waals surface area contributed by atoms with Crippen LogP contribution in [0, 0.1) is 6.54 Å². The molecule has 1 N–H and O–H groups in total. The first-order valence-corrected chi connectivity index (χ1v) is 4.42. The lowest BCUT2D eigenvalue weighted by Crippen LogP contribution is -2.25. The maximum atomic E-state index is 3.40. The Morgan fingerprint density at radius 2 is 2.00 bits per heavy atom. The molecular formula is C9H20N. The van der Waals surface area contributed by atoms with Gasteiger partial charge in [0.25, 0.3) is 0 Å². The topological polar surface area (TPSA) is 12.0 Å². The molecule has 0 aliphatic rings. The van der Waals surface area contributed by atoms with Gasteiger partial charge in [-0.25, -0.2) is 0 Å². The van der Waals surface area contributed by atoms with Crippen LogP contribution in [0.1, 0.15) is 46.5 Å². The van der Waals surface area contributed by atoms with Gasteiger partial charge in [-0.3, -0.25) is 0 Å². The van der Waals surface area contributed by atoms with Crippen LogP contribution in [0.15, 0.2) is 0 Å². The summed E-state index contributed by atoms with van der Waals surface area (Å²) in [7, 11) is 0. The highest BCUT2D eigenvalue weighted by Crippen LogP contribution is 2.01. The second kappa shape index (κ2) is 7.07. The molecule has 0 heterocycles. The minimum atomic E-state index is 0.713. The van der Waals surface area contributed by atoms with Crippen LogP contribution in [0.4, 0.5) is 0 Å². The quantitative estimate of drug-likeness (QED) is 0.601. The maximum Gasteiger partial charge on any atom is 0.0221 e. The van der Waals surface area contributed by atoms with Gasteiger partial charge in [-0.05, 0) is 19.3 Å². The van der Waals surface area contributed by atoms with Gasteiger partial charge in [-0.1, -0.05) is 27.2 Å². The average Bonchev–Trinajstić information content (AvgIpc) is 1.98. The van der Waals surface area contributed by atoms with Crippen molar-refractivity contribution in [2.45, 2.75) is 52.5 Å². The zero-order valence-corrected chi connectivity index (χ0v) is 7.48. The van der Waals surface area contributed by atoms with E-state index in [1.165, 1.54) is 19.3 Å². The van der Waals surface area contributed by atoms with E-state index < -0.39 is 0 Å². The summed E-state index contributed by atoms with van der Waals surface area (Å²) in [6, 6.07) is 0.713. The first kappa shape index (κ1) is 9.96. The number of hydrogen-bond donors (Lipinski definition) is 1. The van der Waals surface area contributed by atoms with Crippen molar-refractivity contribution in [2.75, 3.05) is 0 Å². The van der Waals surface area contributed by atoms with Crippen molar-refractivity contribution in [3.8, 4) is 0 Å². The third-order valence-electron chi connectivity index (χ3n) is 1.69. The lowest BCUT2D eigenvalue weighted by Gasteiger charge is -2.14. The molecule has 0 saturated heterocycles. The molecule has 0 spiro atoms. The molecule has 0 aromatic heterocycles. The van der Waals surface area contributed by atoms with Crippen molar-refractivity contribution in [1.29, 1.82) is 0 Å². The summed E-state index contributed by atoms with van der Waals surface area (Å²) >= 11 is 0. The fourth-order valence-corrected chi connectivity index (χ4v) is 1.04. The summed E-state index contributed by atoms with van der Waals surface area (Å²) in [5.74, 6) is 0. The van der Waals surface area contributed by atoms with Crippen molar-refractivity contribution >= 4 is 0 Å². The van der Waals surface area contributed by atoms with E-state index >= 15 is 0 Å². The molecule has 0 aliphatic heterocycles. The Morgan fingerprint density at radius 3 is 2.40 bits per heavy atom. The summed E-state index contributed by atoms with van der Waals surface area (Å²) in [5, 5.41) is 3.40. The molecule has 0 saturated carbocycles. The zero-order chi connectivity index (χ0) is 7.82. The Bertz CT molecular complexity index is 61.7. The van der Waals surface area contributed by atoms with Crippen LogP contribution in [-0.2, 0) is 0 Å². The molecule has 0 aromatic rings. The van der Waals surface area contributed by atoms with E-state index in [-0.39, 0.29) is 0 Å². The van der Waals surface area contributed by atoms with Crippen LogP contribution in [0.25, 0.3) is 0 Å². The number of nitrogens with one attached hydrogen (secondary N) is 1. The molecular weight excluding hydrogens is 122 g/mol.